The second-order valence-electron chi connectivity index (χ2n) is 7.02. The van der Waals surface area contributed by atoms with E-state index in [1.807, 2.05) is 6.92 Å². The molecule has 6 nitrogen and oxygen atoms in total. The SMILES string of the molecule is CCNC(=NCC(=O)N(C)C)NC1CCN(C(C)c2ccccc2)CC1.I. The number of hydrogen-bond acceptors (Lipinski definition) is 3. The third-order valence-corrected chi connectivity index (χ3v) is 4.92. The standard InChI is InChI=1S/C20H33N5O.HI/c1-5-21-20(22-15-19(26)24(3)4)23-18-11-13-25(14-12-18)16(2)17-9-7-6-8-10-17;/h6-10,16,18H,5,11-15H2,1-4H3,(H2,21,22,23);1H. The van der Waals surface area contributed by atoms with Gasteiger partial charge in [-0.25, -0.2) is 4.99 Å². The number of likely N-dealkylation sites (tertiary alicyclic amines) is 1. The zero-order valence-corrected chi connectivity index (χ0v) is 19.3. The van der Waals surface area contributed by atoms with Gasteiger partial charge in [0.2, 0.25) is 5.91 Å². The van der Waals surface area contributed by atoms with Gasteiger partial charge >= 0.3 is 0 Å². The van der Waals surface area contributed by atoms with Crippen LogP contribution in [-0.2, 0) is 4.79 Å². The number of nitrogens with zero attached hydrogens (tertiary/aromatic N) is 3. The fourth-order valence-electron chi connectivity index (χ4n) is 3.17. The van der Waals surface area contributed by atoms with Crippen LogP contribution in [0.2, 0.25) is 0 Å². The zero-order valence-electron chi connectivity index (χ0n) is 16.9. The van der Waals surface area contributed by atoms with E-state index in [2.05, 4.69) is 57.8 Å². The van der Waals surface area contributed by atoms with E-state index in [4.69, 9.17) is 0 Å². The summed E-state index contributed by atoms with van der Waals surface area (Å²) in [5.74, 6) is 0.742. The van der Waals surface area contributed by atoms with Gasteiger partial charge in [-0.15, -0.1) is 24.0 Å². The molecule has 27 heavy (non-hydrogen) atoms. The Morgan fingerprint density at radius 1 is 1.26 bits per heavy atom. The Balaban J connectivity index is 0.00000364. The highest BCUT2D eigenvalue weighted by molar-refractivity contribution is 14.0. The minimum atomic E-state index is 0. The van der Waals surface area contributed by atoms with E-state index in [1.54, 1.807) is 19.0 Å². The first-order valence-electron chi connectivity index (χ1n) is 9.55. The largest absolute Gasteiger partial charge is 0.357 e. The summed E-state index contributed by atoms with van der Waals surface area (Å²) in [6.45, 7) is 7.39. The van der Waals surface area contributed by atoms with Gasteiger partial charge in [0.15, 0.2) is 5.96 Å². The van der Waals surface area contributed by atoms with Crippen LogP contribution in [0.25, 0.3) is 0 Å². The number of nitrogens with one attached hydrogen (secondary N) is 2. The van der Waals surface area contributed by atoms with Crippen LogP contribution in [0.3, 0.4) is 0 Å². The van der Waals surface area contributed by atoms with Crippen LogP contribution in [0.1, 0.15) is 38.3 Å². The Morgan fingerprint density at radius 2 is 1.89 bits per heavy atom. The molecule has 0 spiro atoms. The molecule has 1 aliphatic rings. The maximum Gasteiger partial charge on any atom is 0.243 e. The zero-order chi connectivity index (χ0) is 18.9. The van der Waals surface area contributed by atoms with Crippen LogP contribution in [0.4, 0.5) is 0 Å². The topological polar surface area (TPSA) is 60.0 Å². The Labute approximate surface area is 180 Å². The molecule has 1 saturated heterocycles. The summed E-state index contributed by atoms with van der Waals surface area (Å²) in [5.41, 5.74) is 1.37. The number of aliphatic imine (C=N–C) groups is 1. The quantitative estimate of drug-likeness (QED) is 0.368. The summed E-state index contributed by atoms with van der Waals surface area (Å²) < 4.78 is 0. The number of likely N-dealkylation sites (N-methyl/N-ethyl adjacent to an activating group) is 1. The predicted octanol–water partition coefficient (Wildman–Crippen LogP) is 2.47. The highest BCUT2D eigenvalue weighted by Gasteiger charge is 2.24. The van der Waals surface area contributed by atoms with Crippen LogP contribution in [0, 0.1) is 0 Å². The first-order valence-corrected chi connectivity index (χ1v) is 9.55. The first kappa shape index (κ1) is 23.7. The molecule has 0 aliphatic carbocycles. The van der Waals surface area contributed by atoms with Gasteiger partial charge in [0.1, 0.15) is 6.54 Å². The monoisotopic (exact) mass is 487 g/mol. The summed E-state index contributed by atoms with van der Waals surface area (Å²) in [6, 6.07) is 11.5. The second-order valence-corrected chi connectivity index (χ2v) is 7.02. The molecule has 0 saturated carbocycles. The van der Waals surface area contributed by atoms with Crippen LogP contribution < -0.4 is 10.6 Å². The van der Waals surface area contributed by atoms with Gasteiger partial charge in [0.05, 0.1) is 0 Å². The van der Waals surface area contributed by atoms with Crippen LogP contribution >= 0.6 is 24.0 Å². The van der Waals surface area contributed by atoms with E-state index in [-0.39, 0.29) is 36.4 Å². The van der Waals surface area contributed by atoms with Gasteiger partial charge in [-0.2, -0.15) is 0 Å². The van der Waals surface area contributed by atoms with Crippen LogP contribution in [0.15, 0.2) is 35.3 Å². The maximum atomic E-state index is 11.8. The van der Waals surface area contributed by atoms with Gasteiger partial charge < -0.3 is 15.5 Å². The molecule has 1 aromatic carbocycles. The summed E-state index contributed by atoms with van der Waals surface area (Å²) in [4.78, 5) is 20.3. The van der Waals surface area contributed by atoms with E-state index < -0.39 is 0 Å². The predicted molar refractivity (Wildman–Crippen MR) is 123 cm³/mol. The van der Waals surface area contributed by atoms with Gasteiger partial charge in [0, 0.05) is 45.8 Å². The number of guanidine groups is 1. The number of carbonyl (C=O) groups excluding carboxylic acids is 1. The summed E-state index contributed by atoms with van der Waals surface area (Å²) in [6.07, 6.45) is 2.15. The number of rotatable bonds is 6. The van der Waals surface area contributed by atoms with Gasteiger partial charge in [-0.1, -0.05) is 30.3 Å². The van der Waals surface area contributed by atoms with Crippen molar-refractivity contribution in [2.24, 2.45) is 4.99 Å². The van der Waals surface area contributed by atoms with Crippen LogP contribution in [-0.4, -0.2) is 68.0 Å². The van der Waals surface area contributed by atoms with Crippen molar-refractivity contribution in [3.63, 3.8) is 0 Å². The summed E-state index contributed by atoms with van der Waals surface area (Å²) >= 11 is 0. The minimum absolute atomic E-state index is 0. The molecule has 7 heteroatoms. The van der Waals surface area contributed by atoms with E-state index in [9.17, 15) is 4.79 Å². The number of amides is 1. The van der Waals surface area contributed by atoms with E-state index in [1.165, 1.54) is 5.56 Å². The molecule has 2 N–H and O–H groups in total. The van der Waals surface area contributed by atoms with Crippen molar-refractivity contribution in [3.8, 4) is 0 Å². The lowest BCUT2D eigenvalue weighted by Gasteiger charge is -2.37. The van der Waals surface area contributed by atoms with Crippen LogP contribution in [0.5, 0.6) is 0 Å². The fourth-order valence-corrected chi connectivity index (χ4v) is 3.17. The second kappa shape index (κ2) is 12.2. The van der Waals surface area contributed by atoms with E-state index in [0.29, 0.717) is 12.1 Å². The van der Waals surface area contributed by atoms with Gasteiger partial charge in [0.25, 0.3) is 0 Å². The highest BCUT2D eigenvalue weighted by atomic mass is 127. The maximum absolute atomic E-state index is 11.8. The number of piperidine rings is 1. The van der Waals surface area contributed by atoms with Crippen molar-refractivity contribution < 1.29 is 4.79 Å². The average Bonchev–Trinajstić information content (AvgIpc) is 2.66. The molecule has 0 aromatic heterocycles. The van der Waals surface area contributed by atoms with Crippen molar-refractivity contribution in [2.45, 2.75) is 38.8 Å². The van der Waals surface area contributed by atoms with E-state index >= 15 is 0 Å². The van der Waals surface area contributed by atoms with Crippen molar-refractivity contribution in [3.05, 3.63) is 35.9 Å². The van der Waals surface area contributed by atoms with Gasteiger partial charge in [-0.05, 0) is 32.3 Å². The van der Waals surface area contributed by atoms with Crippen molar-refractivity contribution in [1.29, 1.82) is 0 Å². The molecular formula is C20H34IN5O. The lowest BCUT2D eigenvalue weighted by molar-refractivity contribution is -0.127. The lowest BCUT2D eigenvalue weighted by atomic mass is 10.0. The third kappa shape index (κ3) is 7.65. The Bertz CT molecular complexity index is 585. The molecular weight excluding hydrogens is 453 g/mol. The first-order chi connectivity index (χ1) is 12.5. The molecule has 2 rings (SSSR count). The van der Waals surface area contributed by atoms with Crippen molar-refractivity contribution in [1.82, 2.24) is 20.4 Å². The average molecular weight is 487 g/mol. The Hall–Kier alpha value is -1.35. The highest BCUT2D eigenvalue weighted by Crippen LogP contribution is 2.23. The molecule has 0 bridgehead atoms. The molecule has 1 aromatic rings. The van der Waals surface area contributed by atoms with Gasteiger partial charge in [-0.3, -0.25) is 9.69 Å². The van der Waals surface area contributed by atoms with Crippen molar-refractivity contribution in [2.75, 3.05) is 40.3 Å². The Kier molecular flexibility index (Phi) is 10.7. The summed E-state index contributed by atoms with van der Waals surface area (Å²) in [7, 11) is 3.50. The summed E-state index contributed by atoms with van der Waals surface area (Å²) in [5, 5.41) is 6.73. The van der Waals surface area contributed by atoms with Crippen molar-refractivity contribution >= 4 is 35.8 Å². The molecule has 0 radical (unpaired) electrons. The number of carbonyl (C=O) groups is 1. The fraction of sp³-hybridized carbons (Fsp3) is 0.600. The molecule has 1 aliphatic heterocycles. The number of benzene rings is 1. The normalized spacial score (nSPS) is 17.0. The molecule has 1 amide bonds. The number of hydrogen-bond donors (Lipinski definition) is 2. The molecule has 1 unspecified atom stereocenters. The Morgan fingerprint density at radius 3 is 2.44 bits per heavy atom. The number of halogens is 1. The lowest BCUT2D eigenvalue weighted by Crippen LogP contribution is -2.49. The molecule has 1 fully saturated rings. The van der Waals surface area contributed by atoms with E-state index in [0.717, 1.165) is 38.4 Å². The molecule has 1 atom stereocenters. The molecule has 1 heterocycles. The third-order valence-electron chi connectivity index (χ3n) is 4.92. The smallest absolute Gasteiger partial charge is 0.243 e. The minimum Gasteiger partial charge on any atom is -0.357 e. The molecule has 152 valence electrons.